The van der Waals surface area contributed by atoms with Gasteiger partial charge in [-0.1, -0.05) is 168 Å². The molecule has 0 N–H and O–H groups in total. The molecule has 1 unspecified atom stereocenters. The molecular formula is C48H93NO5. The van der Waals surface area contributed by atoms with Gasteiger partial charge in [0.15, 0.2) is 0 Å². The summed E-state index contributed by atoms with van der Waals surface area (Å²) in [6, 6.07) is 0. The lowest BCUT2D eigenvalue weighted by atomic mass is 9.78. The van der Waals surface area contributed by atoms with E-state index in [2.05, 4.69) is 25.7 Å². The molecule has 0 saturated carbocycles. The van der Waals surface area contributed by atoms with Crippen molar-refractivity contribution in [3.63, 3.8) is 0 Å². The largest absolute Gasteiger partial charge is 0.466 e. The first-order valence-electron chi connectivity index (χ1n) is 24.1. The molecule has 54 heavy (non-hydrogen) atoms. The van der Waals surface area contributed by atoms with Crippen LogP contribution in [0.1, 0.15) is 252 Å². The fourth-order valence-electron chi connectivity index (χ4n) is 8.68. The minimum atomic E-state index is -0.0156. The molecule has 0 radical (unpaired) electrons. The van der Waals surface area contributed by atoms with Crippen LogP contribution in [-0.4, -0.2) is 61.9 Å². The van der Waals surface area contributed by atoms with Crippen LogP contribution in [0.4, 0.5) is 0 Å². The highest BCUT2D eigenvalue weighted by Gasteiger charge is 2.37. The van der Waals surface area contributed by atoms with Gasteiger partial charge < -0.3 is 14.2 Å². The summed E-state index contributed by atoms with van der Waals surface area (Å²) in [6.07, 6.45) is 42.7. The van der Waals surface area contributed by atoms with E-state index in [1.165, 1.54) is 161 Å². The molecule has 0 aliphatic carbocycles. The van der Waals surface area contributed by atoms with E-state index in [0.717, 1.165) is 77.5 Å². The molecule has 0 spiro atoms. The van der Waals surface area contributed by atoms with Crippen LogP contribution in [-0.2, 0) is 23.8 Å². The smallest absolute Gasteiger partial charge is 0.306 e. The van der Waals surface area contributed by atoms with Crippen LogP contribution in [0.15, 0.2) is 0 Å². The first-order chi connectivity index (χ1) is 26.5. The number of piperidine rings is 1. The number of unbranched alkanes of at least 4 members (excludes halogenated alkanes) is 22. The molecule has 6 heteroatoms. The first kappa shape index (κ1) is 50.9. The van der Waals surface area contributed by atoms with E-state index in [1.54, 1.807) is 0 Å². The van der Waals surface area contributed by atoms with Crippen LogP contribution >= 0.6 is 0 Å². The number of nitrogens with zero attached hydrogens (tertiary/aromatic N) is 1. The molecule has 0 aromatic carbocycles. The molecule has 0 aromatic rings. The van der Waals surface area contributed by atoms with Crippen molar-refractivity contribution in [1.29, 1.82) is 0 Å². The van der Waals surface area contributed by atoms with Crippen LogP contribution < -0.4 is 0 Å². The van der Waals surface area contributed by atoms with Crippen molar-refractivity contribution in [3.8, 4) is 0 Å². The van der Waals surface area contributed by atoms with Crippen LogP contribution in [0, 0.1) is 0 Å². The number of carbonyl (C=O) groups is 2. The summed E-state index contributed by atoms with van der Waals surface area (Å²) in [7, 11) is 1.81. The van der Waals surface area contributed by atoms with Crippen molar-refractivity contribution in [2.75, 3.05) is 33.4 Å². The summed E-state index contributed by atoms with van der Waals surface area (Å²) in [4.78, 5) is 28.2. The predicted octanol–water partition coefficient (Wildman–Crippen LogP) is 14.2. The molecule has 1 aliphatic rings. The molecule has 0 bridgehead atoms. The maximum Gasteiger partial charge on any atom is 0.306 e. The zero-order valence-corrected chi connectivity index (χ0v) is 36.9. The molecule has 1 aliphatic heterocycles. The number of carbonyl (C=O) groups excluding carboxylic acids is 2. The number of methoxy groups -OCH3 is 1. The monoisotopic (exact) mass is 764 g/mol. The number of hydrogen-bond acceptors (Lipinski definition) is 6. The maximum atomic E-state index is 12.9. The summed E-state index contributed by atoms with van der Waals surface area (Å²) < 4.78 is 17.2. The number of hydrogen-bond donors (Lipinski definition) is 0. The fraction of sp³-hybridized carbons (Fsp3) is 0.958. The first-order valence-corrected chi connectivity index (χ1v) is 24.1. The summed E-state index contributed by atoms with van der Waals surface area (Å²) in [5.74, 6) is 0.0105. The summed E-state index contributed by atoms with van der Waals surface area (Å²) in [5.41, 5.74) is 0.205. The Kier molecular flexibility index (Phi) is 35.3. The molecule has 1 heterocycles. The second kappa shape index (κ2) is 37.4. The lowest BCUT2D eigenvalue weighted by molar-refractivity contribution is -0.150. The Morgan fingerprint density at radius 1 is 0.537 bits per heavy atom. The van der Waals surface area contributed by atoms with Crippen molar-refractivity contribution < 1.29 is 23.8 Å². The Balaban J connectivity index is 2.42. The molecule has 1 atom stereocenters. The average molecular weight is 764 g/mol. The molecule has 0 amide bonds. The number of esters is 2. The minimum absolute atomic E-state index is 0.0156. The summed E-state index contributed by atoms with van der Waals surface area (Å²) in [6.45, 7) is 10.3. The Labute approximate surface area is 336 Å². The van der Waals surface area contributed by atoms with E-state index in [1.807, 2.05) is 7.11 Å². The Morgan fingerprint density at radius 2 is 1.00 bits per heavy atom. The number of rotatable bonds is 40. The maximum absolute atomic E-state index is 12.9. The van der Waals surface area contributed by atoms with E-state index in [0.29, 0.717) is 19.4 Å². The van der Waals surface area contributed by atoms with Gasteiger partial charge in [-0.2, -0.15) is 0 Å². The van der Waals surface area contributed by atoms with Gasteiger partial charge in [0.25, 0.3) is 0 Å². The van der Waals surface area contributed by atoms with Crippen molar-refractivity contribution in [2.24, 2.45) is 0 Å². The van der Waals surface area contributed by atoms with Gasteiger partial charge in [-0.15, -0.1) is 0 Å². The lowest BCUT2D eigenvalue weighted by Gasteiger charge is -2.48. The minimum Gasteiger partial charge on any atom is -0.466 e. The lowest BCUT2D eigenvalue weighted by Crippen LogP contribution is -2.53. The molecule has 0 aromatic heterocycles. The van der Waals surface area contributed by atoms with E-state index in [4.69, 9.17) is 14.2 Å². The summed E-state index contributed by atoms with van der Waals surface area (Å²) in [5, 5.41) is 0. The van der Waals surface area contributed by atoms with Crippen molar-refractivity contribution in [2.45, 2.75) is 264 Å². The average Bonchev–Trinajstić information content (AvgIpc) is 3.17. The standard InChI is InChI=1S/C48H93NO5/c1-5-8-11-14-17-18-19-24-33-43-53-46(50)36-28-30-39-48(40-31-32-41-49(48)42-44-52-4)38-29-23-22-27-37-47(51)54-45(34-25-20-15-12-9-6-2)35-26-21-16-13-10-7-3/h45H,5-44H2,1-4H3. The Hall–Kier alpha value is -1.14. The highest BCUT2D eigenvalue weighted by Crippen LogP contribution is 2.37. The van der Waals surface area contributed by atoms with Crippen molar-refractivity contribution in [3.05, 3.63) is 0 Å². The van der Waals surface area contributed by atoms with Gasteiger partial charge >= 0.3 is 11.9 Å². The molecule has 1 rings (SSSR count). The summed E-state index contributed by atoms with van der Waals surface area (Å²) >= 11 is 0. The van der Waals surface area contributed by atoms with E-state index < -0.39 is 0 Å². The molecule has 1 fully saturated rings. The zero-order valence-electron chi connectivity index (χ0n) is 36.9. The van der Waals surface area contributed by atoms with Gasteiger partial charge in [0, 0.05) is 32.0 Å². The number of likely N-dealkylation sites (tertiary alicyclic amines) is 1. The Morgan fingerprint density at radius 3 is 1.57 bits per heavy atom. The SMILES string of the molecule is CCCCCCCCCCCOC(=O)CCCCC1(CCCCCCC(=O)OC(CCCCCCCC)CCCCCCCC)CCCCN1CCOC. The van der Waals surface area contributed by atoms with Crippen LogP contribution in [0.5, 0.6) is 0 Å². The van der Waals surface area contributed by atoms with E-state index >= 15 is 0 Å². The van der Waals surface area contributed by atoms with Gasteiger partial charge in [0.05, 0.1) is 13.2 Å². The van der Waals surface area contributed by atoms with Gasteiger partial charge in [-0.25, -0.2) is 0 Å². The normalized spacial score (nSPS) is 16.3. The molecule has 1 saturated heterocycles. The van der Waals surface area contributed by atoms with E-state index in [-0.39, 0.29) is 23.6 Å². The van der Waals surface area contributed by atoms with E-state index in [9.17, 15) is 9.59 Å². The molecule has 320 valence electrons. The van der Waals surface area contributed by atoms with Gasteiger partial charge in [0.1, 0.15) is 6.10 Å². The molecular weight excluding hydrogens is 671 g/mol. The Bertz CT molecular complexity index is 820. The quantitative estimate of drug-likeness (QED) is 0.0457. The van der Waals surface area contributed by atoms with Gasteiger partial charge in [-0.05, 0) is 77.2 Å². The highest BCUT2D eigenvalue weighted by molar-refractivity contribution is 5.69. The second-order valence-electron chi connectivity index (χ2n) is 17.1. The third-order valence-corrected chi connectivity index (χ3v) is 12.2. The molecule has 6 nitrogen and oxygen atoms in total. The second-order valence-corrected chi connectivity index (χ2v) is 17.1. The topological polar surface area (TPSA) is 65.1 Å². The van der Waals surface area contributed by atoms with Crippen molar-refractivity contribution >= 4 is 11.9 Å². The van der Waals surface area contributed by atoms with Crippen molar-refractivity contribution in [1.82, 2.24) is 4.90 Å². The van der Waals surface area contributed by atoms with Crippen LogP contribution in [0.25, 0.3) is 0 Å². The van der Waals surface area contributed by atoms with Crippen LogP contribution in [0.3, 0.4) is 0 Å². The number of ether oxygens (including phenoxy) is 3. The van der Waals surface area contributed by atoms with Crippen LogP contribution in [0.2, 0.25) is 0 Å². The zero-order chi connectivity index (χ0) is 39.2. The predicted molar refractivity (Wildman–Crippen MR) is 230 cm³/mol. The third kappa shape index (κ3) is 28.3. The van der Waals surface area contributed by atoms with Gasteiger partial charge in [-0.3, -0.25) is 14.5 Å². The van der Waals surface area contributed by atoms with Gasteiger partial charge in [0.2, 0.25) is 0 Å². The third-order valence-electron chi connectivity index (χ3n) is 12.2. The fourth-order valence-corrected chi connectivity index (χ4v) is 8.68. The highest BCUT2D eigenvalue weighted by atomic mass is 16.5.